The lowest BCUT2D eigenvalue weighted by atomic mass is 9.95. The first-order valence-electron chi connectivity index (χ1n) is 10.0. The van der Waals surface area contributed by atoms with Crippen LogP contribution in [0, 0.1) is 5.92 Å². The van der Waals surface area contributed by atoms with Gasteiger partial charge in [0.2, 0.25) is 11.8 Å². The molecule has 0 atom stereocenters. The second-order valence-corrected chi connectivity index (χ2v) is 7.67. The van der Waals surface area contributed by atoms with E-state index in [2.05, 4.69) is 39.6 Å². The van der Waals surface area contributed by atoms with Crippen LogP contribution in [0.2, 0.25) is 0 Å². The third-order valence-electron chi connectivity index (χ3n) is 4.95. The lowest BCUT2D eigenvalue weighted by Crippen LogP contribution is -2.45. The molecular formula is C21H34N4O2. The number of likely N-dealkylation sites (tertiary alicyclic amines) is 1. The van der Waals surface area contributed by atoms with Gasteiger partial charge in [0.15, 0.2) is 0 Å². The first-order chi connectivity index (χ1) is 13.0. The summed E-state index contributed by atoms with van der Waals surface area (Å²) >= 11 is 0. The Hall–Kier alpha value is -2.08. The third kappa shape index (κ3) is 7.59. The average Bonchev–Trinajstić information content (AvgIpc) is 2.65. The largest absolute Gasteiger partial charge is 0.375 e. The van der Waals surface area contributed by atoms with Gasteiger partial charge >= 0.3 is 0 Å². The van der Waals surface area contributed by atoms with Crippen molar-refractivity contribution in [3.8, 4) is 0 Å². The van der Waals surface area contributed by atoms with E-state index < -0.39 is 0 Å². The van der Waals surface area contributed by atoms with Crippen molar-refractivity contribution in [1.82, 2.24) is 15.5 Å². The summed E-state index contributed by atoms with van der Waals surface area (Å²) in [7, 11) is 2.07. The van der Waals surface area contributed by atoms with Crippen molar-refractivity contribution in [2.45, 2.75) is 39.2 Å². The van der Waals surface area contributed by atoms with Gasteiger partial charge in [0.25, 0.3) is 0 Å². The van der Waals surface area contributed by atoms with E-state index in [9.17, 15) is 9.59 Å². The fraction of sp³-hybridized carbons (Fsp3) is 0.619. The summed E-state index contributed by atoms with van der Waals surface area (Å²) in [4.78, 5) is 28.5. The number of nitrogens with one attached hydrogen (secondary N) is 2. The van der Waals surface area contributed by atoms with Crippen LogP contribution in [0.1, 0.15) is 33.1 Å². The maximum atomic E-state index is 12.1. The van der Waals surface area contributed by atoms with E-state index in [1.807, 2.05) is 32.0 Å². The molecule has 1 aromatic carbocycles. The summed E-state index contributed by atoms with van der Waals surface area (Å²) < 4.78 is 0. The van der Waals surface area contributed by atoms with Crippen LogP contribution in [-0.4, -0.2) is 62.5 Å². The monoisotopic (exact) mass is 374 g/mol. The number of piperidine rings is 1. The minimum Gasteiger partial charge on any atom is -0.375 e. The van der Waals surface area contributed by atoms with Crippen molar-refractivity contribution in [2.75, 3.05) is 44.7 Å². The predicted octanol–water partition coefficient (Wildman–Crippen LogP) is 1.87. The molecule has 2 N–H and O–H groups in total. The van der Waals surface area contributed by atoms with Gasteiger partial charge in [-0.05, 0) is 58.3 Å². The van der Waals surface area contributed by atoms with Crippen molar-refractivity contribution in [2.24, 2.45) is 5.92 Å². The lowest BCUT2D eigenvalue weighted by Gasteiger charge is -2.31. The molecule has 2 rings (SSSR count). The predicted molar refractivity (Wildman–Crippen MR) is 110 cm³/mol. The molecule has 0 unspecified atom stereocenters. The fourth-order valence-corrected chi connectivity index (χ4v) is 3.37. The Morgan fingerprint density at radius 2 is 1.85 bits per heavy atom. The fourth-order valence-electron chi connectivity index (χ4n) is 3.37. The van der Waals surface area contributed by atoms with Gasteiger partial charge in [-0.2, -0.15) is 0 Å². The average molecular weight is 375 g/mol. The lowest BCUT2D eigenvalue weighted by molar-refractivity contribution is -0.127. The molecule has 27 heavy (non-hydrogen) atoms. The number of para-hydroxylation sites is 1. The van der Waals surface area contributed by atoms with E-state index in [-0.39, 0.29) is 23.8 Å². The highest BCUT2D eigenvalue weighted by Crippen LogP contribution is 2.17. The number of nitrogens with zero attached hydrogens (tertiary/aromatic N) is 2. The number of carbonyl (C=O) groups is 2. The number of rotatable bonds is 9. The maximum absolute atomic E-state index is 12.1. The second-order valence-electron chi connectivity index (χ2n) is 7.67. The molecule has 0 saturated carbocycles. The Kier molecular flexibility index (Phi) is 8.58. The summed E-state index contributed by atoms with van der Waals surface area (Å²) in [6, 6.07) is 10.4. The molecule has 1 fully saturated rings. The molecule has 1 aliphatic heterocycles. The van der Waals surface area contributed by atoms with E-state index in [1.54, 1.807) is 0 Å². The first-order valence-corrected chi connectivity index (χ1v) is 10.0. The highest BCUT2D eigenvalue weighted by Gasteiger charge is 2.25. The van der Waals surface area contributed by atoms with Crippen LogP contribution < -0.4 is 15.5 Å². The van der Waals surface area contributed by atoms with Gasteiger partial charge in [-0.3, -0.25) is 14.5 Å². The van der Waals surface area contributed by atoms with Crippen LogP contribution >= 0.6 is 0 Å². The van der Waals surface area contributed by atoms with Gasteiger partial charge < -0.3 is 15.5 Å². The minimum atomic E-state index is 0.0717. The van der Waals surface area contributed by atoms with Crippen LogP contribution in [0.15, 0.2) is 30.3 Å². The molecule has 1 aliphatic rings. The molecule has 0 aliphatic carbocycles. The molecule has 2 amide bonds. The molecule has 6 nitrogen and oxygen atoms in total. The van der Waals surface area contributed by atoms with Crippen molar-refractivity contribution in [3.05, 3.63) is 30.3 Å². The SMILES string of the molecule is CC(C)NC(=O)C1CCN(CC(=O)NCCCN(C)c2ccccc2)CC1. The molecule has 6 heteroatoms. The summed E-state index contributed by atoms with van der Waals surface area (Å²) in [6.45, 7) is 7.58. The van der Waals surface area contributed by atoms with Crippen molar-refractivity contribution in [3.63, 3.8) is 0 Å². The summed E-state index contributed by atoms with van der Waals surface area (Å²) in [5.41, 5.74) is 1.19. The van der Waals surface area contributed by atoms with Gasteiger partial charge in [0.05, 0.1) is 6.54 Å². The number of anilines is 1. The molecular weight excluding hydrogens is 340 g/mol. The van der Waals surface area contributed by atoms with E-state index in [0.717, 1.165) is 38.9 Å². The first kappa shape index (κ1) is 21.2. The van der Waals surface area contributed by atoms with Crippen LogP contribution in [0.4, 0.5) is 5.69 Å². The Balaban J connectivity index is 1.58. The van der Waals surface area contributed by atoms with Crippen molar-refractivity contribution >= 4 is 17.5 Å². The number of amides is 2. The summed E-state index contributed by atoms with van der Waals surface area (Å²) in [5.74, 6) is 0.305. The van der Waals surface area contributed by atoms with E-state index in [1.165, 1.54) is 5.69 Å². The molecule has 1 heterocycles. The zero-order valence-corrected chi connectivity index (χ0v) is 16.9. The molecule has 0 aromatic heterocycles. The van der Waals surface area contributed by atoms with Gasteiger partial charge in [-0.15, -0.1) is 0 Å². The zero-order chi connectivity index (χ0) is 19.6. The van der Waals surface area contributed by atoms with E-state index in [4.69, 9.17) is 0 Å². The minimum absolute atomic E-state index is 0.0717. The highest BCUT2D eigenvalue weighted by molar-refractivity contribution is 5.79. The van der Waals surface area contributed by atoms with Crippen LogP contribution in [0.25, 0.3) is 0 Å². The summed E-state index contributed by atoms with van der Waals surface area (Å²) in [6.07, 6.45) is 2.57. The highest BCUT2D eigenvalue weighted by atomic mass is 16.2. The molecule has 0 radical (unpaired) electrons. The Labute approximate surface area is 163 Å². The Bertz CT molecular complexity index is 583. The second kappa shape index (κ2) is 10.9. The standard InChI is InChI=1S/C21H34N4O2/c1-17(2)23-21(27)18-10-14-25(15-11-18)16-20(26)22-12-7-13-24(3)19-8-5-4-6-9-19/h4-6,8-9,17-18H,7,10-16H2,1-3H3,(H,22,26)(H,23,27). The van der Waals surface area contributed by atoms with Crippen molar-refractivity contribution < 1.29 is 9.59 Å². The third-order valence-corrected chi connectivity index (χ3v) is 4.95. The zero-order valence-electron chi connectivity index (χ0n) is 16.9. The van der Waals surface area contributed by atoms with Gasteiger partial charge in [-0.1, -0.05) is 18.2 Å². The number of benzene rings is 1. The van der Waals surface area contributed by atoms with Crippen molar-refractivity contribution in [1.29, 1.82) is 0 Å². The van der Waals surface area contributed by atoms with E-state index in [0.29, 0.717) is 13.1 Å². The Morgan fingerprint density at radius 1 is 1.19 bits per heavy atom. The Morgan fingerprint density at radius 3 is 2.48 bits per heavy atom. The quantitative estimate of drug-likeness (QED) is 0.648. The topological polar surface area (TPSA) is 64.7 Å². The molecule has 1 saturated heterocycles. The van der Waals surface area contributed by atoms with Crippen LogP contribution in [0.3, 0.4) is 0 Å². The van der Waals surface area contributed by atoms with E-state index >= 15 is 0 Å². The molecule has 0 bridgehead atoms. The van der Waals surface area contributed by atoms with Gasteiger partial charge in [-0.25, -0.2) is 0 Å². The molecule has 150 valence electrons. The van der Waals surface area contributed by atoms with Crippen LogP contribution in [0.5, 0.6) is 0 Å². The molecule has 1 aromatic rings. The summed E-state index contributed by atoms with van der Waals surface area (Å²) in [5, 5.41) is 5.99. The van der Waals surface area contributed by atoms with Gasteiger partial charge in [0.1, 0.15) is 0 Å². The number of hydrogen-bond donors (Lipinski definition) is 2. The normalized spacial score (nSPS) is 15.6. The maximum Gasteiger partial charge on any atom is 0.234 e. The van der Waals surface area contributed by atoms with Crippen LogP contribution in [-0.2, 0) is 9.59 Å². The number of hydrogen-bond acceptors (Lipinski definition) is 4. The number of carbonyl (C=O) groups excluding carboxylic acids is 2. The smallest absolute Gasteiger partial charge is 0.234 e. The van der Waals surface area contributed by atoms with Gasteiger partial charge in [0, 0.05) is 37.8 Å². The molecule has 0 spiro atoms.